The number of nitrogens with one attached hydrogen (secondary N) is 2. The first-order valence-electron chi connectivity index (χ1n) is 11.4. The minimum absolute atomic E-state index is 0.0603. The van der Waals surface area contributed by atoms with Gasteiger partial charge in [-0.3, -0.25) is 9.59 Å². The third-order valence-electron chi connectivity index (χ3n) is 6.90. The van der Waals surface area contributed by atoms with E-state index in [9.17, 15) is 19.2 Å². The van der Waals surface area contributed by atoms with Crippen LogP contribution in [0.25, 0.3) is 0 Å². The number of anilines is 1. The van der Waals surface area contributed by atoms with Gasteiger partial charge in [-0.15, -0.1) is 0 Å². The van der Waals surface area contributed by atoms with Gasteiger partial charge in [-0.05, 0) is 42.5 Å². The molecule has 0 aromatic heterocycles. The Kier molecular flexibility index (Phi) is 5.47. The Hall–Kier alpha value is -3.88. The van der Waals surface area contributed by atoms with Crippen molar-refractivity contribution < 1.29 is 23.9 Å². The van der Waals surface area contributed by atoms with Crippen LogP contribution in [0.4, 0.5) is 15.3 Å². The number of hydrogen-bond acceptors (Lipinski definition) is 5. The van der Waals surface area contributed by atoms with Crippen molar-refractivity contribution in [3.05, 3.63) is 65.2 Å². The van der Waals surface area contributed by atoms with Gasteiger partial charge in [0.15, 0.2) is 0 Å². The van der Waals surface area contributed by atoms with E-state index < -0.39 is 17.6 Å². The summed E-state index contributed by atoms with van der Waals surface area (Å²) in [7, 11) is 1.52. The number of amides is 5. The normalized spacial score (nSPS) is 23.3. The summed E-state index contributed by atoms with van der Waals surface area (Å²) in [5.74, 6) is -0.774. The Labute approximate surface area is 197 Å². The van der Waals surface area contributed by atoms with Crippen LogP contribution in [0.5, 0.6) is 0 Å². The van der Waals surface area contributed by atoms with Crippen LogP contribution in [-0.4, -0.2) is 53.9 Å². The highest BCUT2D eigenvalue weighted by molar-refractivity contribution is 6.06. The quantitative estimate of drug-likeness (QED) is 0.726. The Morgan fingerprint density at radius 3 is 2.71 bits per heavy atom. The van der Waals surface area contributed by atoms with Crippen LogP contribution in [0.2, 0.25) is 0 Å². The van der Waals surface area contributed by atoms with Crippen molar-refractivity contribution in [2.24, 2.45) is 0 Å². The third-order valence-corrected chi connectivity index (χ3v) is 6.90. The molecule has 5 rings (SSSR count). The van der Waals surface area contributed by atoms with Gasteiger partial charge in [0, 0.05) is 31.3 Å². The summed E-state index contributed by atoms with van der Waals surface area (Å²) < 4.78 is 5.65. The Morgan fingerprint density at radius 2 is 1.94 bits per heavy atom. The summed E-state index contributed by atoms with van der Waals surface area (Å²) in [6, 6.07) is 14.5. The monoisotopic (exact) mass is 462 g/mol. The zero-order valence-corrected chi connectivity index (χ0v) is 18.9. The molecule has 2 aromatic rings. The number of aryl methyl sites for hydroxylation is 1. The van der Waals surface area contributed by atoms with Crippen LogP contribution < -0.4 is 10.6 Å². The average Bonchev–Trinajstić information content (AvgIpc) is 3.53. The second-order valence-electron chi connectivity index (χ2n) is 8.82. The molecule has 2 aromatic carbocycles. The zero-order chi connectivity index (χ0) is 23.9. The Bertz CT molecular complexity index is 1170. The minimum Gasteiger partial charge on any atom is -0.427 e. The number of ether oxygens (including phenoxy) is 1. The van der Waals surface area contributed by atoms with E-state index in [2.05, 4.69) is 10.6 Å². The van der Waals surface area contributed by atoms with Crippen LogP contribution in [0.3, 0.4) is 0 Å². The van der Waals surface area contributed by atoms with Gasteiger partial charge in [-0.25, -0.2) is 14.5 Å². The predicted molar refractivity (Wildman–Crippen MR) is 123 cm³/mol. The van der Waals surface area contributed by atoms with E-state index in [1.165, 1.54) is 7.05 Å². The lowest BCUT2D eigenvalue weighted by Gasteiger charge is -2.26. The van der Waals surface area contributed by atoms with E-state index in [-0.39, 0.29) is 24.5 Å². The summed E-state index contributed by atoms with van der Waals surface area (Å²) in [6.45, 7) is 0.249. The second-order valence-corrected chi connectivity index (χ2v) is 8.82. The molecule has 2 aliphatic heterocycles. The lowest BCUT2D eigenvalue weighted by Crippen LogP contribution is -2.44. The molecule has 2 heterocycles. The van der Waals surface area contributed by atoms with Crippen molar-refractivity contribution >= 4 is 29.6 Å². The van der Waals surface area contributed by atoms with Gasteiger partial charge >= 0.3 is 12.1 Å². The highest BCUT2D eigenvalue weighted by Crippen LogP contribution is 2.46. The molecule has 34 heavy (non-hydrogen) atoms. The molecule has 9 nitrogen and oxygen atoms in total. The molecule has 9 heteroatoms. The van der Waals surface area contributed by atoms with Gasteiger partial charge in [0.25, 0.3) is 5.91 Å². The fourth-order valence-corrected chi connectivity index (χ4v) is 5.24. The summed E-state index contributed by atoms with van der Waals surface area (Å²) in [5, 5.41) is 5.19. The van der Waals surface area contributed by atoms with Gasteiger partial charge in [0.1, 0.15) is 6.54 Å². The standard InChI is InChI=1S/C25H26N4O5/c1-26-23(32)27-18-9-10-19-17(14-18)11-12-25(19)22(31)29(24(33)34-25)15-21(30)28-13-5-8-20(28)16-6-3-2-4-7-16/h2-4,6-7,9-10,14,20H,5,8,11-13,15H2,1H3,(H2,26,27,32). The highest BCUT2D eigenvalue weighted by Gasteiger charge is 2.58. The van der Waals surface area contributed by atoms with Gasteiger partial charge in [-0.1, -0.05) is 36.4 Å². The van der Waals surface area contributed by atoms with E-state index in [4.69, 9.17) is 4.74 Å². The number of imide groups is 1. The number of rotatable bonds is 4. The molecule has 2 saturated heterocycles. The van der Waals surface area contributed by atoms with Crippen LogP contribution in [0.15, 0.2) is 48.5 Å². The molecule has 2 atom stereocenters. The van der Waals surface area contributed by atoms with Crippen molar-refractivity contribution in [2.75, 3.05) is 25.5 Å². The molecule has 1 aliphatic carbocycles. The van der Waals surface area contributed by atoms with Crippen LogP contribution >= 0.6 is 0 Å². The number of hydrogen-bond donors (Lipinski definition) is 2. The van der Waals surface area contributed by atoms with Crippen molar-refractivity contribution in [3.8, 4) is 0 Å². The molecule has 2 unspecified atom stereocenters. The van der Waals surface area contributed by atoms with Crippen molar-refractivity contribution in [1.29, 1.82) is 0 Å². The molecule has 2 fully saturated rings. The number of fused-ring (bicyclic) bond motifs is 2. The summed E-state index contributed by atoms with van der Waals surface area (Å²) >= 11 is 0. The maximum Gasteiger partial charge on any atom is 0.418 e. The zero-order valence-electron chi connectivity index (χ0n) is 18.9. The molecule has 3 aliphatic rings. The van der Waals surface area contributed by atoms with Crippen LogP contribution in [-0.2, 0) is 26.3 Å². The number of benzene rings is 2. The van der Waals surface area contributed by atoms with Gasteiger partial charge in [-0.2, -0.15) is 0 Å². The van der Waals surface area contributed by atoms with Crippen molar-refractivity contribution in [1.82, 2.24) is 15.1 Å². The molecule has 0 radical (unpaired) electrons. The molecule has 0 saturated carbocycles. The maximum absolute atomic E-state index is 13.4. The van der Waals surface area contributed by atoms with Gasteiger partial charge in [0.05, 0.1) is 6.04 Å². The van der Waals surface area contributed by atoms with Crippen LogP contribution in [0, 0.1) is 0 Å². The minimum atomic E-state index is -1.41. The first-order valence-corrected chi connectivity index (χ1v) is 11.4. The Balaban J connectivity index is 1.34. The van der Waals surface area contributed by atoms with Crippen molar-refractivity contribution in [2.45, 2.75) is 37.3 Å². The lowest BCUT2D eigenvalue weighted by molar-refractivity contribution is -0.142. The smallest absolute Gasteiger partial charge is 0.418 e. The first kappa shape index (κ1) is 21.9. The number of likely N-dealkylation sites (tertiary alicyclic amines) is 1. The highest BCUT2D eigenvalue weighted by atomic mass is 16.6. The predicted octanol–water partition coefficient (Wildman–Crippen LogP) is 2.92. The topological polar surface area (TPSA) is 108 Å². The van der Waals surface area contributed by atoms with E-state index >= 15 is 0 Å². The Morgan fingerprint density at radius 1 is 1.15 bits per heavy atom. The van der Waals surface area contributed by atoms with Gasteiger partial charge < -0.3 is 20.3 Å². The fourth-order valence-electron chi connectivity index (χ4n) is 5.24. The second kappa shape index (κ2) is 8.48. The molecular weight excluding hydrogens is 436 g/mol. The molecule has 1 spiro atoms. The maximum atomic E-state index is 13.4. The number of urea groups is 1. The third kappa shape index (κ3) is 3.57. The van der Waals surface area contributed by atoms with E-state index in [1.807, 2.05) is 30.3 Å². The average molecular weight is 463 g/mol. The number of nitrogens with zero attached hydrogens (tertiary/aromatic N) is 2. The van der Waals surface area contributed by atoms with E-state index in [0.717, 1.165) is 28.9 Å². The molecule has 176 valence electrons. The number of carbonyl (C=O) groups is 4. The summed E-state index contributed by atoms with van der Waals surface area (Å²) in [5.41, 5.74) is 1.65. The van der Waals surface area contributed by atoms with E-state index in [1.54, 1.807) is 23.1 Å². The lowest BCUT2D eigenvalue weighted by atomic mass is 9.94. The molecular formula is C25H26N4O5. The molecule has 5 amide bonds. The first-order chi connectivity index (χ1) is 16.4. The van der Waals surface area contributed by atoms with Crippen LogP contribution in [0.1, 0.15) is 42.0 Å². The molecule has 2 N–H and O–H groups in total. The van der Waals surface area contributed by atoms with Crippen molar-refractivity contribution in [3.63, 3.8) is 0 Å². The molecule has 0 bridgehead atoms. The summed E-state index contributed by atoms with van der Waals surface area (Å²) in [4.78, 5) is 53.7. The largest absolute Gasteiger partial charge is 0.427 e. The number of carbonyl (C=O) groups excluding carboxylic acids is 4. The van der Waals surface area contributed by atoms with Gasteiger partial charge in [0.2, 0.25) is 11.5 Å². The SMILES string of the molecule is CNC(=O)Nc1ccc2c(c1)CCC21OC(=O)N(CC(=O)N2CCCC2c2ccccc2)C1=O. The summed E-state index contributed by atoms with van der Waals surface area (Å²) in [6.07, 6.45) is 1.74. The van der Waals surface area contributed by atoms with E-state index in [0.29, 0.717) is 30.6 Å². The fraction of sp³-hybridized carbons (Fsp3) is 0.360.